The molecule has 0 heterocycles. The molecule has 0 bridgehead atoms. The second kappa shape index (κ2) is 6.75. The van der Waals surface area contributed by atoms with Gasteiger partial charge in [-0.2, -0.15) is 13.2 Å². The molecule has 1 aromatic rings. The van der Waals surface area contributed by atoms with E-state index in [4.69, 9.17) is 22.1 Å². The number of rotatable bonds is 3. The van der Waals surface area contributed by atoms with Crippen LogP contribution in [-0.2, 0) is 11.2 Å². The molecule has 0 saturated heterocycles. The van der Waals surface area contributed by atoms with Gasteiger partial charge in [-0.15, -0.1) is 0 Å². The Morgan fingerprint density at radius 3 is 2.41 bits per heavy atom. The first kappa shape index (κ1) is 18.6. The summed E-state index contributed by atoms with van der Waals surface area (Å²) in [7, 11) is 0. The largest absolute Gasteiger partial charge is 0.444 e. The molecule has 3 N–H and O–H groups in total. The lowest BCUT2D eigenvalue weighted by molar-refractivity contribution is -0.147. The topological polar surface area (TPSA) is 64.3 Å². The number of benzene rings is 1. The van der Waals surface area contributed by atoms with Gasteiger partial charge in [0.05, 0.1) is 0 Å². The summed E-state index contributed by atoms with van der Waals surface area (Å²) in [5.74, 6) is 0. The smallest absolute Gasteiger partial charge is 0.412 e. The number of nitrogens with two attached hydrogens (primary N) is 1. The number of hydrogen-bond acceptors (Lipinski definition) is 3. The molecule has 1 rings (SSSR count). The number of hydrogen-bond donors (Lipinski definition) is 2. The van der Waals surface area contributed by atoms with Crippen LogP contribution in [0.25, 0.3) is 0 Å². The molecular weight excluding hydrogens is 321 g/mol. The first-order valence-electron chi connectivity index (χ1n) is 6.49. The van der Waals surface area contributed by atoms with Crippen LogP contribution in [0.15, 0.2) is 18.2 Å². The van der Waals surface area contributed by atoms with Crippen molar-refractivity contribution < 1.29 is 22.7 Å². The number of anilines is 1. The lowest BCUT2D eigenvalue weighted by atomic mass is 10.1. The van der Waals surface area contributed by atoms with Crippen molar-refractivity contribution in [1.29, 1.82) is 0 Å². The van der Waals surface area contributed by atoms with E-state index in [1.807, 2.05) is 0 Å². The summed E-state index contributed by atoms with van der Waals surface area (Å²) in [5.41, 5.74) is 4.98. The molecule has 1 unspecified atom stereocenters. The summed E-state index contributed by atoms with van der Waals surface area (Å²) >= 11 is 5.93. The molecule has 0 aliphatic heterocycles. The quantitative estimate of drug-likeness (QED) is 0.871. The van der Waals surface area contributed by atoms with Crippen molar-refractivity contribution in [2.24, 2.45) is 5.73 Å². The maximum atomic E-state index is 12.4. The van der Waals surface area contributed by atoms with Gasteiger partial charge in [0.1, 0.15) is 11.6 Å². The molecule has 0 spiro atoms. The number of amides is 1. The highest BCUT2D eigenvalue weighted by molar-refractivity contribution is 6.31. The minimum atomic E-state index is -4.49. The first-order valence-corrected chi connectivity index (χ1v) is 6.87. The van der Waals surface area contributed by atoms with Gasteiger partial charge in [0, 0.05) is 10.7 Å². The Hall–Kier alpha value is -1.47. The lowest BCUT2D eigenvalue weighted by Gasteiger charge is -2.20. The Bertz CT molecular complexity index is 542. The highest BCUT2D eigenvalue weighted by Crippen LogP contribution is 2.27. The van der Waals surface area contributed by atoms with Gasteiger partial charge in [-0.25, -0.2) is 4.79 Å². The third-order valence-corrected chi connectivity index (χ3v) is 2.91. The predicted octanol–water partition coefficient (Wildman–Crippen LogP) is 4.12. The van der Waals surface area contributed by atoms with Gasteiger partial charge in [-0.3, -0.25) is 5.32 Å². The minimum Gasteiger partial charge on any atom is -0.444 e. The van der Waals surface area contributed by atoms with E-state index in [1.165, 1.54) is 18.2 Å². The average Bonchev–Trinajstić information content (AvgIpc) is 2.28. The molecule has 0 aliphatic carbocycles. The Balaban J connectivity index is 2.76. The number of carbonyl (C=O) groups is 1. The summed E-state index contributed by atoms with van der Waals surface area (Å²) in [4.78, 5) is 11.6. The normalized spacial score (nSPS) is 13.6. The van der Waals surface area contributed by atoms with Crippen LogP contribution in [0.5, 0.6) is 0 Å². The van der Waals surface area contributed by atoms with E-state index >= 15 is 0 Å². The molecule has 1 amide bonds. The second-order valence-corrected chi connectivity index (χ2v) is 6.19. The molecule has 0 fully saturated rings. The zero-order valence-electron chi connectivity index (χ0n) is 12.4. The zero-order chi connectivity index (χ0) is 17.1. The van der Waals surface area contributed by atoms with Crippen LogP contribution in [0.2, 0.25) is 5.02 Å². The van der Waals surface area contributed by atoms with Crippen LogP contribution in [-0.4, -0.2) is 23.9 Å². The number of alkyl halides is 3. The summed E-state index contributed by atoms with van der Waals surface area (Å²) in [6, 6.07) is 2.19. The van der Waals surface area contributed by atoms with Gasteiger partial charge in [0.2, 0.25) is 0 Å². The fraction of sp³-hybridized carbons (Fsp3) is 0.500. The Morgan fingerprint density at radius 1 is 1.36 bits per heavy atom. The fourth-order valence-electron chi connectivity index (χ4n) is 1.56. The highest BCUT2D eigenvalue weighted by atomic mass is 35.5. The molecule has 4 nitrogen and oxygen atoms in total. The van der Waals surface area contributed by atoms with Crippen molar-refractivity contribution in [3.63, 3.8) is 0 Å². The molecule has 22 heavy (non-hydrogen) atoms. The lowest BCUT2D eigenvalue weighted by Crippen LogP contribution is -2.39. The Morgan fingerprint density at radius 2 is 1.95 bits per heavy atom. The van der Waals surface area contributed by atoms with Crippen molar-refractivity contribution in [2.75, 3.05) is 5.32 Å². The standard InChI is InChI=1S/C14H18ClF3N2O2/c1-13(2,3)22-12(21)20-9-5-4-8(10(15)7-9)6-11(19)14(16,17)18/h4-5,7,11H,6,19H2,1-3H3,(H,20,21). The molecule has 0 radical (unpaired) electrons. The molecule has 0 aromatic heterocycles. The van der Waals surface area contributed by atoms with Crippen LogP contribution in [0.1, 0.15) is 26.3 Å². The summed E-state index contributed by atoms with van der Waals surface area (Å²) in [6.07, 6.45) is -5.60. The van der Waals surface area contributed by atoms with Crippen molar-refractivity contribution in [3.8, 4) is 0 Å². The third kappa shape index (κ3) is 6.11. The fourth-order valence-corrected chi connectivity index (χ4v) is 1.82. The maximum absolute atomic E-state index is 12.4. The molecular formula is C14H18ClF3N2O2. The SMILES string of the molecule is CC(C)(C)OC(=O)Nc1ccc(CC(N)C(F)(F)F)c(Cl)c1. The van der Waals surface area contributed by atoms with Gasteiger partial charge in [-0.05, 0) is 44.9 Å². The van der Waals surface area contributed by atoms with Crippen molar-refractivity contribution in [3.05, 3.63) is 28.8 Å². The van der Waals surface area contributed by atoms with Gasteiger partial charge >= 0.3 is 12.3 Å². The van der Waals surface area contributed by atoms with Gasteiger partial charge in [-0.1, -0.05) is 17.7 Å². The van der Waals surface area contributed by atoms with Gasteiger partial charge in [0.25, 0.3) is 0 Å². The number of nitrogens with one attached hydrogen (secondary N) is 1. The van der Waals surface area contributed by atoms with E-state index < -0.39 is 30.3 Å². The summed E-state index contributed by atoms with van der Waals surface area (Å²) in [6.45, 7) is 5.13. The molecule has 1 aromatic carbocycles. The second-order valence-electron chi connectivity index (χ2n) is 5.79. The number of carbonyl (C=O) groups excluding carboxylic acids is 1. The highest BCUT2D eigenvalue weighted by Gasteiger charge is 2.36. The molecule has 0 aliphatic rings. The maximum Gasteiger partial charge on any atom is 0.412 e. The summed E-state index contributed by atoms with van der Waals surface area (Å²) in [5, 5.41) is 2.54. The van der Waals surface area contributed by atoms with Crippen LogP contribution < -0.4 is 11.1 Å². The molecule has 124 valence electrons. The number of halogens is 4. The Labute approximate surface area is 131 Å². The molecule has 1 atom stereocenters. The van der Waals surface area contributed by atoms with E-state index in [-0.39, 0.29) is 10.6 Å². The van der Waals surface area contributed by atoms with Crippen LogP contribution in [0, 0.1) is 0 Å². The van der Waals surface area contributed by atoms with E-state index in [2.05, 4.69) is 5.32 Å². The van der Waals surface area contributed by atoms with Crippen LogP contribution >= 0.6 is 11.6 Å². The van der Waals surface area contributed by atoms with E-state index in [1.54, 1.807) is 20.8 Å². The zero-order valence-corrected chi connectivity index (χ0v) is 13.2. The van der Waals surface area contributed by atoms with Crippen molar-refractivity contribution >= 4 is 23.4 Å². The van der Waals surface area contributed by atoms with Crippen LogP contribution in [0.4, 0.5) is 23.7 Å². The average molecular weight is 339 g/mol. The predicted molar refractivity (Wildman–Crippen MR) is 79.0 cm³/mol. The monoisotopic (exact) mass is 338 g/mol. The molecule has 8 heteroatoms. The van der Waals surface area contributed by atoms with Crippen LogP contribution in [0.3, 0.4) is 0 Å². The van der Waals surface area contributed by atoms with Gasteiger partial charge in [0.15, 0.2) is 0 Å². The molecule has 0 saturated carbocycles. The minimum absolute atomic E-state index is 0.0910. The first-order chi connectivity index (χ1) is 9.88. The summed E-state index contributed by atoms with van der Waals surface area (Å²) < 4.78 is 42.4. The van der Waals surface area contributed by atoms with E-state index in [9.17, 15) is 18.0 Å². The van der Waals surface area contributed by atoms with Gasteiger partial charge < -0.3 is 10.5 Å². The third-order valence-electron chi connectivity index (χ3n) is 2.56. The Kier molecular flexibility index (Phi) is 5.70. The van der Waals surface area contributed by atoms with E-state index in [0.29, 0.717) is 5.69 Å². The number of ether oxygens (including phenoxy) is 1. The van der Waals surface area contributed by atoms with E-state index in [0.717, 1.165) is 0 Å². The van der Waals surface area contributed by atoms with Crippen molar-refractivity contribution in [2.45, 2.75) is 45.0 Å². The van der Waals surface area contributed by atoms with Crippen molar-refractivity contribution in [1.82, 2.24) is 0 Å².